The summed E-state index contributed by atoms with van der Waals surface area (Å²) in [5, 5.41) is 6.66. The van der Waals surface area contributed by atoms with Crippen molar-refractivity contribution in [2.75, 3.05) is 10.6 Å². The van der Waals surface area contributed by atoms with Crippen LogP contribution in [0.15, 0.2) is 85.5 Å². The van der Waals surface area contributed by atoms with E-state index in [2.05, 4.69) is 30.6 Å². The lowest BCUT2D eigenvalue weighted by Crippen LogP contribution is -2.08. The first-order chi connectivity index (χ1) is 13.9. The van der Waals surface area contributed by atoms with E-state index in [4.69, 9.17) is 0 Å². The second kappa shape index (κ2) is 8.73. The molecule has 0 aliphatic carbocycles. The molecule has 0 aliphatic heterocycles. The van der Waals surface area contributed by atoms with Gasteiger partial charge in [0.15, 0.2) is 0 Å². The molecule has 0 aliphatic rings. The Morgan fingerprint density at radius 3 is 2.00 bits per heavy atom. The molecule has 138 valence electrons. The Bertz CT molecular complexity index is 945. The molecule has 6 nitrogen and oxygen atoms in total. The van der Waals surface area contributed by atoms with Gasteiger partial charge < -0.3 is 10.6 Å². The molecule has 0 saturated carbocycles. The van der Waals surface area contributed by atoms with Crippen LogP contribution in [0.25, 0.3) is 11.3 Å². The van der Waals surface area contributed by atoms with Gasteiger partial charge in [-0.3, -0.25) is 9.97 Å². The Morgan fingerprint density at radius 1 is 0.679 bits per heavy atom. The summed E-state index contributed by atoms with van der Waals surface area (Å²) in [4.78, 5) is 17.6. The van der Waals surface area contributed by atoms with E-state index in [-0.39, 0.29) is 0 Å². The van der Waals surface area contributed by atoms with Crippen molar-refractivity contribution in [1.82, 2.24) is 19.9 Å². The molecule has 1 aromatic carbocycles. The average Bonchev–Trinajstić information content (AvgIpc) is 2.78. The van der Waals surface area contributed by atoms with Gasteiger partial charge in [0.25, 0.3) is 0 Å². The number of nitrogens with zero attached hydrogens (tertiary/aromatic N) is 4. The fourth-order valence-corrected chi connectivity index (χ4v) is 2.75. The molecule has 0 saturated heterocycles. The molecule has 0 spiro atoms. The molecule has 4 rings (SSSR count). The minimum Gasteiger partial charge on any atom is -0.366 e. The van der Waals surface area contributed by atoms with Crippen molar-refractivity contribution in [1.29, 1.82) is 0 Å². The van der Waals surface area contributed by atoms with Gasteiger partial charge in [0, 0.05) is 49.5 Å². The fraction of sp³-hybridized carbons (Fsp3) is 0.0909. The Morgan fingerprint density at radius 2 is 1.36 bits per heavy atom. The highest BCUT2D eigenvalue weighted by Gasteiger charge is 2.07. The molecule has 2 N–H and O–H groups in total. The first-order valence-electron chi connectivity index (χ1n) is 9.07. The summed E-state index contributed by atoms with van der Waals surface area (Å²) in [6.07, 6.45) is 7.20. The van der Waals surface area contributed by atoms with E-state index in [0.29, 0.717) is 19.0 Å². The summed E-state index contributed by atoms with van der Waals surface area (Å²) < 4.78 is 0. The summed E-state index contributed by atoms with van der Waals surface area (Å²) in [5.74, 6) is 1.32. The number of hydrogen-bond donors (Lipinski definition) is 2. The van der Waals surface area contributed by atoms with Crippen LogP contribution >= 0.6 is 0 Å². The lowest BCUT2D eigenvalue weighted by atomic mass is 10.1. The van der Waals surface area contributed by atoms with Gasteiger partial charge in [-0.1, -0.05) is 42.5 Å². The predicted octanol–water partition coefficient (Wildman–Crippen LogP) is 4.16. The normalized spacial score (nSPS) is 10.4. The zero-order valence-corrected chi connectivity index (χ0v) is 15.3. The van der Waals surface area contributed by atoms with Gasteiger partial charge in [0.1, 0.15) is 5.82 Å². The van der Waals surface area contributed by atoms with Crippen molar-refractivity contribution in [3.05, 3.63) is 96.6 Å². The summed E-state index contributed by atoms with van der Waals surface area (Å²) in [6.45, 7) is 1.25. The summed E-state index contributed by atoms with van der Waals surface area (Å²) in [7, 11) is 0. The van der Waals surface area contributed by atoms with Crippen molar-refractivity contribution in [2.45, 2.75) is 13.1 Å². The van der Waals surface area contributed by atoms with Crippen LogP contribution in [0.1, 0.15) is 11.1 Å². The Balaban J connectivity index is 1.57. The first kappa shape index (κ1) is 17.6. The number of rotatable bonds is 7. The van der Waals surface area contributed by atoms with Crippen LogP contribution in [-0.2, 0) is 13.1 Å². The van der Waals surface area contributed by atoms with Gasteiger partial charge in [-0.05, 0) is 23.3 Å². The lowest BCUT2D eigenvalue weighted by Gasteiger charge is -2.11. The molecule has 6 heteroatoms. The molecule has 0 bridgehead atoms. The Labute approximate surface area is 163 Å². The Hall–Kier alpha value is -3.80. The van der Waals surface area contributed by atoms with Crippen LogP contribution in [0.5, 0.6) is 0 Å². The van der Waals surface area contributed by atoms with E-state index < -0.39 is 0 Å². The molecule has 0 amide bonds. The molecule has 0 fully saturated rings. The van der Waals surface area contributed by atoms with Crippen LogP contribution in [0.3, 0.4) is 0 Å². The zero-order chi connectivity index (χ0) is 19.0. The Kier molecular flexibility index (Phi) is 5.49. The zero-order valence-electron chi connectivity index (χ0n) is 15.3. The van der Waals surface area contributed by atoms with E-state index in [0.717, 1.165) is 28.2 Å². The molecule has 0 atom stereocenters. The van der Waals surface area contributed by atoms with Gasteiger partial charge in [-0.15, -0.1) is 0 Å². The van der Waals surface area contributed by atoms with Gasteiger partial charge in [0.2, 0.25) is 5.95 Å². The number of benzene rings is 1. The highest BCUT2D eigenvalue weighted by molar-refractivity contribution is 5.64. The molecular weight excluding hydrogens is 348 g/mol. The molecule has 0 unspecified atom stereocenters. The lowest BCUT2D eigenvalue weighted by molar-refractivity contribution is 1.02. The SMILES string of the molecule is c1ccc(-c2cc(NCc3cccnc3)nc(NCc3cccnc3)n2)cc1. The fourth-order valence-electron chi connectivity index (χ4n) is 2.75. The minimum absolute atomic E-state index is 0.568. The minimum atomic E-state index is 0.568. The number of nitrogens with one attached hydrogen (secondary N) is 2. The van der Waals surface area contributed by atoms with Gasteiger partial charge >= 0.3 is 0 Å². The van der Waals surface area contributed by atoms with E-state index in [9.17, 15) is 0 Å². The summed E-state index contributed by atoms with van der Waals surface area (Å²) in [6, 6.07) is 19.9. The molecule has 3 heterocycles. The van der Waals surface area contributed by atoms with E-state index >= 15 is 0 Å². The second-order valence-corrected chi connectivity index (χ2v) is 6.26. The molecule has 28 heavy (non-hydrogen) atoms. The van der Waals surface area contributed by atoms with Crippen molar-refractivity contribution in [3.63, 3.8) is 0 Å². The van der Waals surface area contributed by atoms with Crippen LogP contribution in [0, 0.1) is 0 Å². The summed E-state index contributed by atoms with van der Waals surface area (Å²) in [5.41, 5.74) is 4.06. The molecular formula is C22H20N6. The summed E-state index contributed by atoms with van der Waals surface area (Å²) >= 11 is 0. The van der Waals surface area contributed by atoms with Crippen molar-refractivity contribution in [2.24, 2.45) is 0 Å². The van der Waals surface area contributed by atoms with E-state index in [1.54, 1.807) is 12.4 Å². The number of hydrogen-bond acceptors (Lipinski definition) is 6. The highest BCUT2D eigenvalue weighted by Crippen LogP contribution is 2.22. The maximum absolute atomic E-state index is 4.68. The third kappa shape index (κ3) is 4.67. The van der Waals surface area contributed by atoms with Crippen molar-refractivity contribution in [3.8, 4) is 11.3 Å². The van der Waals surface area contributed by atoms with E-state index in [1.165, 1.54) is 0 Å². The molecule has 0 radical (unpaired) electrons. The largest absolute Gasteiger partial charge is 0.366 e. The molecule has 4 aromatic rings. The van der Waals surface area contributed by atoms with Gasteiger partial charge in [-0.25, -0.2) is 4.98 Å². The second-order valence-electron chi connectivity index (χ2n) is 6.26. The van der Waals surface area contributed by atoms with E-state index in [1.807, 2.05) is 73.1 Å². The third-order valence-corrected chi connectivity index (χ3v) is 4.17. The smallest absolute Gasteiger partial charge is 0.225 e. The van der Waals surface area contributed by atoms with Crippen molar-refractivity contribution >= 4 is 11.8 Å². The maximum atomic E-state index is 4.68. The quantitative estimate of drug-likeness (QED) is 0.510. The number of anilines is 2. The van der Waals surface area contributed by atoms with Crippen LogP contribution in [-0.4, -0.2) is 19.9 Å². The van der Waals surface area contributed by atoms with Gasteiger partial charge in [0.05, 0.1) is 5.69 Å². The van der Waals surface area contributed by atoms with Crippen molar-refractivity contribution < 1.29 is 0 Å². The van der Waals surface area contributed by atoms with Crippen LogP contribution < -0.4 is 10.6 Å². The number of pyridine rings is 2. The van der Waals surface area contributed by atoms with Gasteiger partial charge in [-0.2, -0.15) is 4.98 Å². The monoisotopic (exact) mass is 368 g/mol. The number of aromatic nitrogens is 4. The predicted molar refractivity (Wildman–Crippen MR) is 111 cm³/mol. The maximum Gasteiger partial charge on any atom is 0.225 e. The standard InChI is InChI=1S/C22H20N6/c1-2-8-19(9-3-1)20-12-21(25-15-17-6-4-10-23-13-17)28-22(27-20)26-16-18-7-5-11-24-14-18/h1-14H,15-16H2,(H2,25,26,27,28). The average molecular weight is 368 g/mol. The first-order valence-corrected chi connectivity index (χ1v) is 9.07. The molecule has 3 aromatic heterocycles. The van der Waals surface area contributed by atoms with Crippen LogP contribution in [0.4, 0.5) is 11.8 Å². The highest BCUT2D eigenvalue weighted by atomic mass is 15.1. The third-order valence-electron chi connectivity index (χ3n) is 4.17. The topological polar surface area (TPSA) is 75.6 Å². The van der Waals surface area contributed by atoms with Crippen LogP contribution in [0.2, 0.25) is 0 Å².